The van der Waals surface area contributed by atoms with Crippen LogP contribution in [0.5, 0.6) is 5.75 Å². The second-order valence-corrected chi connectivity index (χ2v) is 7.68. The average Bonchev–Trinajstić information content (AvgIpc) is 2.71. The monoisotopic (exact) mass is 388 g/mol. The van der Waals surface area contributed by atoms with Gasteiger partial charge in [0.2, 0.25) is 0 Å². The first-order valence-electron chi connectivity index (χ1n) is 10.5. The van der Waals surface area contributed by atoms with Crippen LogP contribution < -0.4 is 4.74 Å². The molecule has 28 heavy (non-hydrogen) atoms. The Kier molecular flexibility index (Phi) is 7.84. The van der Waals surface area contributed by atoms with Crippen molar-refractivity contribution in [1.29, 1.82) is 0 Å². The van der Waals surface area contributed by atoms with Crippen molar-refractivity contribution in [3.05, 3.63) is 54.1 Å². The third-order valence-corrected chi connectivity index (χ3v) is 5.46. The number of benzene rings is 2. The Morgan fingerprint density at radius 2 is 1.79 bits per heavy atom. The van der Waals surface area contributed by atoms with E-state index in [9.17, 15) is 8.78 Å². The van der Waals surface area contributed by atoms with Crippen molar-refractivity contribution in [2.75, 3.05) is 13.2 Å². The maximum atomic E-state index is 14.0. The molecule has 4 heteroatoms. The topological polar surface area (TPSA) is 18.5 Å². The molecule has 2 aromatic carbocycles. The van der Waals surface area contributed by atoms with Crippen molar-refractivity contribution in [1.82, 2.24) is 0 Å². The summed E-state index contributed by atoms with van der Waals surface area (Å²) in [6.07, 6.45) is 8.45. The minimum absolute atomic E-state index is 0.382. The van der Waals surface area contributed by atoms with Crippen LogP contribution in [0.1, 0.15) is 51.9 Å². The predicted octanol–water partition coefficient (Wildman–Crippen LogP) is 6.78. The summed E-state index contributed by atoms with van der Waals surface area (Å²) < 4.78 is 39.1. The van der Waals surface area contributed by atoms with E-state index < -0.39 is 11.6 Å². The van der Waals surface area contributed by atoms with Gasteiger partial charge in [-0.2, -0.15) is 0 Å². The zero-order valence-electron chi connectivity index (χ0n) is 16.6. The summed E-state index contributed by atoms with van der Waals surface area (Å²) in [5, 5.41) is 0. The molecule has 2 nitrogen and oxygen atoms in total. The third-order valence-electron chi connectivity index (χ3n) is 5.46. The SMILES string of the molecule is CCCCCOC1CCC(COc2cccc(-c3ccc(F)cc3F)c2)CC1. The van der Waals surface area contributed by atoms with Crippen molar-refractivity contribution in [2.24, 2.45) is 5.92 Å². The Labute approximate surface area is 166 Å². The molecule has 2 aromatic rings. The van der Waals surface area contributed by atoms with E-state index >= 15 is 0 Å². The molecular weight excluding hydrogens is 358 g/mol. The molecule has 152 valence electrons. The molecule has 3 rings (SSSR count). The molecule has 0 atom stereocenters. The largest absolute Gasteiger partial charge is 0.493 e. The van der Waals surface area contributed by atoms with E-state index in [4.69, 9.17) is 9.47 Å². The van der Waals surface area contributed by atoms with E-state index in [2.05, 4.69) is 6.92 Å². The van der Waals surface area contributed by atoms with Crippen molar-refractivity contribution in [3.63, 3.8) is 0 Å². The van der Waals surface area contributed by atoms with Crippen molar-refractivity contribution < 1.29 is 18.3 Å². The van der Waals surface area contributed by atoms with Gasteiger partial charge >= 0.3 is 0 Å². The van der Waals surface area contributed by atoms with Gasteiger partial charge in [0.1, 0.15) is 17.4 Å². The molecule has 0 N–H and O–H groups in total. The first kappa shape index (κ1) is 20.8. The number of unbranched alkanes of at least 4 members (excludes halogenated alkanes) is 2. The summed E-state index contributed by atoms with van der Waals surface area (Å²) in [6.45, 7) is 3.75. The standard InChI is InChI=1S/C24H30F2O2/c1-2-3-4-14-27-21-11-8-18(9-12-21)17-28-22-7-5-6-19(15-22)23-13-10-20(25)16-24(23)26/h5-7,10,13,15-16,18,21H,2-4,8-9,11-12,14,17H2,1H3. The quantitative estimate of drug-likeness (QED) is 0.441. The van der Waals surface area contributed by atoms with Crippen LogP contribution in [0.15, 0.2) is 42.5 Å². The lowest BCUT2D eigenvalue weighted by Crippen LogP contribution is -2.25. The van der Waals surface area contributed by atoms with Crippen LogP contribution in [0.25, 0.3) is 11.1 Å². The highest BCUT2D eigenvalue weighted by Crippen LogP contribution is 2.29. The van der Waals surface area contributed by atoms with Crippen LogP contribution in [0, 0.1) is 17.6 Å². The Balaban J connectivity index is 1.47. The highest BCUT2D eigenvalue weighted by molar-refractivity contribution is 5.65. The molecule has 0 heterocycles. The van der Waals surface area contributed by atoms with Gasteiger partial charge in [0, 0.05) is 18.2 Å². The van der Waals surface area contributed by atoms with Crippen LogP contribution in [0.2, 0.25) is 0 Å². The zero-order chi connectivity index (χ0) is 19.8. The Morgan fingerprint density at radius 1 is 0.964 bits per heavy atom. The van der Waals surface area contributed by atoms with Gasteiger partial charge in [-0.15, -0.1) is 0 Å². The van der Waals surface area contributed by atoms with Crippen molar-refractivity contribution >= 4 is 0 Å². The minimum Gasteiger partial charge on any atom is -0.493 e. The molecule has 1 fully saturated rings. The second-order valence-electron chi connectivity index (χ2n) is 7.68. The first-order chi connectivity index (χ1) is 13.7. The number of ether oxygens (including phenoxy) is 2. The molecule has 0 spiro atoms. The molecule has 0 aliphatic heterocycles. The smallest absolute Gasteiger partial charge is 0.133 e. The Hall–Kier alpha value is -1.94. The van der Waals surface area contributed by atoms with Crippen LogP contribution in [-0.2, 0) is 4.74 Å². The summed E-state index contributed by atoms with van der Waals surface area (Å²) in [6, 6.07) is 11.0. The summed E-state index contributed by atoms with van der Waals surface area (Å²) in [4.78, 5) is 0. The lowest BCUT2D eigenvalue weighted by atomic mass is 9.88. The lowest BCUT2D eigenvalue weighted by molar-refractivity contribution is 0.0112. The Morgan fingerprint density at radius 3 is 2.54 bits per heavy atom. The zero-order valence-corrected chi connectivity index (χ0v) is 16.6. The van der Waals surface area contributed by atoms with Crippen molar-refractivity contribution in [2.45, 2.75) is 58.0 Å². The van der Waals surface area contributed by atoms with Gasteiger partial charge in [0.05, 0.1) is 12.7 Å². The van der Waals surface area contributed by atoms with Crippen LogP contribution in [-0.4, -0.2) is 19.3 Å². The van der Waals surface area contributed by atoms with Gasteiger partial charge < -0.3 is 9.47 Å². The lowest BCUT2D eigenvalue weighted by Gasteiger charge is -2.28. The van der Waals surface area contributed by atoms with Gasteiger partial charge in [-0.3, -0.25) is 0 Å². The molecule has 1 aliphatic carbocycles. The molecule has 0 bridgehead atoms. The highest BCUT2D eigenvalue weighted by Gasteiger charge is 2.22. The normalized spacial score (nSPS) is 19.5. The molecule has 0 amide bonds. The Bertz CT molecular complexity index is 739. The van der Waals surface area contributed by atoms with Crippen LogP contribution in [0.4, 0.5) is 8.78 Å². The van der Waals surface area contributed by atoms with Crippen LogP contribution >= 0.6 is 0 Å². The highest BCUT2D eigenvalue weighted by atomic mass is 19.1. The van der Waals surface area contributed by atoms with E-state index in [1.165, 1.54) is 25.0 Å². The third kappa shape index (κ3) is 6.03. The molecule has 0 unspecified atom stereocenters. The van der Waals surface area contributed by atoms with Gasteiger partial charge in [-0.05, 0) is 67.9 Å². The fourth-order valence-electron chi connectivity index (χ4n) is 3.76. The first-order valence-corrected chi connectivity index (χ1v) is 10.5. The van der Waals surface area contributed by atoms with E-state index in [1.54, 1.807) is 0 Å². The number of rotatable bonds is 9. The molecular formula is C24H30F2O2. The summed E-state index contributed by atoms with van der Waals surface area (Å²) >= 11 is 0. The second kappa shape index (κ2) is 10.6. The number of hydrogen-bond acceptors (Lipinski definition) is 2. The summed E-state index contributed by atoms with van der Waals surface area (Å²) in [7, 11) is 0. The summed E-state index contributed by atoms with van der Waals surface area (Å²) in [5.41, 5.74) is 1.08. The molecule has 1 aliphatic rings. The molecule has 1 saturated carbocycles. The van der Waals surface area contributed by atoms with Gasteiger partial charge in [-0.1, -0.05) is 31.9 Å². The van der Waals surface area contributed by atoms with Crippen LogP contribution in [0.3, 0.4) is 0 Å². The van der Waals surface area contributed by atoms with E-state index in [-0.39, 0.29) is 0 Å². The number of hydrogen-bond donors (Lipinski definition) is 0. The molecule has 0 radical (unpaired) electrons. The van der Waals surface area contributed by atoms with E-state index in [0.717, 1.165) is 50.5 Å². The predicted molar refractivity (Wildman–Crippen MR) is 109 cm³/mol. The fraction of sp³-hybridized carbons (Fsp3) is 0.500. The van der Waals surface area contributed by atoms with Crippen molar-refractivity contribution in [3.8, 4) is 16.9 Å². The minimum atomic E-state index is -0.571. The van der Waals surface area contributed by atoms with Gasteiger partial charge in [0.15, 0.2) is 0 Å². The average molecular weight is 388 g/mol. The molecule has 0 aromatic heterocycles. The maximum absolute atomic E-state index is 14.0. The fourth-order valence-corrected chi connectivity index (χ4v) is 3.76. The van der Waals surface area contributed by atoms with E-state index in [1.807, 2.05) is 24.3 Å². The molecule has 0 saturated heterocycles. The summed E-state index contributed by atoms with van der Waals surface area (Å²) in [5.74, 6) is 0.119. The van der Waals surface area contributed by atoms with Gasteiger partial charge in [-0.25, -0.2) is 8.78 Å². The van der Waals surface area contributed by atoms with Gasteiger partial charge in [0.25, 0.3) is 0 Å². The maximum Gasteiger partial charge on any atom is 0.133 e. The number of halogens is 2. The van der Waals surface area contributed by atoms with E-state index in [0.29, 0.717) is 29.8 Å².